The highest BCUT2D eigenvalue weighted by molar-refractivity contribution is 5.94. The van der Waals surface area contributed by atoms with Crippen LogP contribution in [0.4, 0.5) is 4.79 Å². The summed E-state index contributed by atoms with van der Waals surface area (Å²) in [5, 5.41) is 15.6. The lowest BCUT2D eigenvalue weighted by Gasteiger charge is -2.39. The van der Waals surface area contributed by atoms with E-state index in [1.165, 1.54) is 17.0 Å². The Bertz CT molecular complexity index is 1640. The van der Waals surface area contributed by atoms with Crippen molar-refractivity contribution in [2.75, 3.05) is 0 Å². The lowest BCUT2D eigenvalue weighted by molar-refractivity contribution is -0.159. The van der Waals surface area contributed by atoms with Gasteiger partial charge in [-0.15, -0.1) is 0 Å². The summed E-state index contributed by atoms with van der Waals surface area (Å²) in [6.07, 6.45) is -0.0784. The Labute approximate surface area is 302 Å². The normalized spacial score (nSPS) is 14.0. The van der Waals surface area contributed by atoms with E-state index in [0.717, 1.165) is 16.7 Å². The number of ether oxygens (including phenoxy) is 2. The Morgan fingerprint density at radius 1 is 0.745 bits per heavy atom. The standard InChI is InChI=1S/C41H55N3O7/c1-11-28(4)44(37(47)33(43-39(49)51-41(8,9)10)24-30-18-21-32(45)22-19-30)35(31-20-17-26(2)27(3)23-31)36(46)42-34(38(48)50-40(5,6)7)25-29-15-13-12-14-16-29/h12-23,28,33-35,45H,11,24-25H2,1-10H3,(H,42,46)(H,43,49). The second kappa shape index (κ2) is 17.4. The van der Waals surface area contributed by atoms with Gasteiger partial charge in [0.15, 0.2) is 0 Å². The molecule has 0 fully saturated rings. The third-order valence-corrected chi connectivity index (χ3v) is 8.35. The Morgan fingerprint density at radius 2 is 1.31 bits per heavy atom. The quantitative estimate of drug-likeness (QED) is 0.165. The molecule has 0 aliphatic rings. The molecule has 0 saturated carbocycles. The number of alkyl carbamates (subject to hydrolysis) is 1. The van der Waals surface area contributed by atoms with Crippen LogP contribution in [0.25, 0.3) is 0 Å². The first-order valence-corrected chi connectivity index (χ1v) is 17.5. The van der Waals surface area contributed by atoms with Crippen molar-refractivity contribution in [2.24, 2.45) is 0 Å². The van der Waals surface area contributed by atoms with Gasteiger partial charge in [-0.25, -0.2) is 9.59 Å². The highest BCUT2D eigenvalue weighted by Gasteiger charge is 2.40. The molecule has 3 rings (SSSR count). The first-order chi connectivity index (χ1) is 23.8. The average molecular weight is 702 g/mol. The van der Waals surface area contributed by atoms with E-state index < -0.39 is 59.2 Å². The lowest BCUT2D eigenvalue weighted by atomic mass is 9.95. The van der Waals surface area contributed by atoms with E-state index in [1.54, 1.807) is 53.7 Å². The number of phenolic OH excluding ortho intramolecular Hbond substituents is 1. The summed E-state index contributed by atoms with van der Waals surface area (Å²) in [5.74, 6) is -1.63. The predicted octanol–water partition coefficient (Wildman–Crippen LogP) is 6.88. The second-order valence-corrected chi connectivity index (χ2v) is 15.1. The third kappa shape index (κ3) is 12.5. The molecule has 10 nitrogen and oxygen atoms in total. The van der Waals surface area contributed by atoms with E-state index in [4.69, 9.17) is 9.47 Å². The van der Waals surface area contributed by atoms with Crippen LogP contribution in [0, 0.1) is 13.8 Å². The Kier molecular flexibility index (Phi) is 13.8. The van der Waals surface area contributed by atoms with Crippen LogP contribution in [0.2, 0.25) is 0 Å². The number of phenols is 1. The maximum Gasteiger partial charge on any atom is 0.408 e. The zero-order valence-corrected chi connectivity index (χ0v) is 31.7. The Hall–Kier alpha value is -4.86. The number of esters is 1. The number of carbonyl (C=O) groups is 4. The van der Waals surface area contributed by atoms with Gasteiger partial charge in [0.1, 0.15) is 35.1 Å². The number of aromatic hydroxyl groups is 1. The van der Waals surface area contributed by atoms with Gasteiger partial charge >= 0.3 is 12.1 Å². The van der Waals surface area contributed by atoms with Crippen LogP contribution < -0.4 is 10.6 Å². The number of benzene rings is 3. The summed E-state index contributed by atoms with van der Waals surface area (Å²) in [4.78, 5) is 58.0. The Balaban J connectivity index is 2.16. The summed E-state index contributed by atoms with van der Waals surface area (Å²) in [7, 11) is 0. The Morgan fingerprint density at radius 3 is 1.86 bits per heavy atom. The van der Waals surface area contributed by atoms with Crippen molar-refractivity contribution in [2.45, 2.75) is 124 Å². The minimum absolute atomic E-state index is 0.0566. The van der Waals surface area contributed by atoms with Crippen molar-refractivity contribution in [1.29, 1.82) is 0 Å². The smallest absolute Gasteiger partial charge is 0.408 e. The van der Waals surface area contributed by atoms with Crippen LogP contribution in [0.3, 0.4) is 0 Å². The van der Waals surface area contributed by atoms with Crippen LogP contribution in [0.15, 0.2) is 72.8 Å². The minimum Gasteiger partial charge on any atom is -0.508 e. The number of nitrogens with zero attached hydrogens (tertiary/aromatic N) is 1. The fourth-order valence-electron chi connectivity index (χ4n) is 5.53. The van der Waals surface area contributed by atoms with E-state index in [9.17, 15) is 24.3 Å². The molecular weight excluding hydrogens is 646 g/mol. The van der Waals surface area contributed by atoms with Gasteiger partial charge in [-0.1, -0.05) is 67.6 Å². The van der Waals surface area contributed by atoms with Crippen LogP contribution >= 0.6 is 0 Å². The highest BCUT2D eigenvalue weighted by atomic mass is 16.6. The molecule has 3 aromatic rings. The van der Waals surface area contributed by atoms with Crippen molar-refractivity contribution < 1.29 is 33.8 Å². The molecule has 3 N–H and O–H groups in total. The van der Waals surface area contributed by atoms with Crippen molar-refractivity contribution in [3.8, 4) is 5.75 Å². The molecule has 0 aromatic heterocycles. The first-order valence-electron chi connectivity index (χ1n) is 17.5. The summed E-state index contributed by atoms with van der Waals surface area (Å²) in [6.45, 7) is 18.1. The number of hydrogen-bond donors (Lipinski definition) is 3. The van der Waals surface area contributed by atoms with E-state index in [0.29, 0.717) is 17.5 Å². The molecule has 0 saturated heterocycles. The average Bonchev–Trinajstić information content (AvgIpc) is 3.03. The summed E-state index contributed by atoms with van der Waals surface area (Å²) in [5.41, 5.74) is 2.33. The van der Waals surface area contributed by atoms with Crippen LogP contribution in [-0.2, 0) is 36.7 Å². The molecule has 0 bridgehead atoms. The molecule has 10 heteroatoms. The monoisotopic (exact) mass is 701 g/mol. The molecular formula is C41H55N3O7. The zero-order chi connectivity index (χ0) is 38.1. The van der Waals surface area contributed by atoms with Gasteiger partial charge in [-0.05, 0) is 109 Å². The van der Waals surface area contributed by atoms with E-state index in [1.807, 2.05) is 76.2 Å². The van der Waals surface area contributed by atoms with E-state index in [2.05, 4.69) is 10.6 Å². The minimum atomic E-state index is -1.18. The van der Waals surface area contributed by atoms with Gasteiger partial charge in [-0.2, -0.15) is 0 Å². The number of nitrogens with one attached hydrogen (secondary N) is 2. The van der Waals surface area contributed by atoms with Crippen LogP contribution in [0.5, 0.6) is 5.75 Å². The molecule has 0 radical (unpaired) electrons. The van der Waals surface area contributed by atoms with Crippen LogP contribution in [-0.4, -0.2) is 63.2 Å². The molecule has 4 unspecified atom stereocenters. The maximum atomic E-state index is 14.9. The fraction of sp³-hybridized carbons (Fsp3) is 0.463. The molecule has 0 aliphatic carbocycles. The summed E-state index contributed by atoms with van der Waals surface area (Å²) >= 11 is 0. The van der Waals surface area contributed by atoms with Gasteiger partial charge in [-0.3, -0.25) is 9.59 Å². The fourth-order valence-corrected chi connectivity index (χ4v) is 5.53. The van der Waals surface area contributed by atoms with E-state index in [-0.39, 0.29) is 18.6 Å². The molecule has 276 valence electrons. The van der Waals surface area contributed by atoms with Gasteiger partial charge in [0.25, 0.3) is 0 Å². The largest absolute Gasteiger partial charge is 0.508 e. The first kappa shape index (κ1) is 40.6. The lowest BCUT2D eigenvalue weighted by Crippen LogP contribution is -2.57. The van der Waals surface area contributed by atoms with Gasteiger partial charge in [0, 0.05) is 18.9 Å². The summed E-state index contributed by atoms with van der Waals surface area (Å²) < 4.78 is 11.3. The molecule has 0 aliphatic heterocycles. The molecule has 3 aromatic carbocycles. The molecule has 3 amide bonds. The number of hydrogen-bond acceptors (Lipinski definition) is 7. The SMILES string of the molecule is CCC(C)N(C(=O)C(Cc1ccc(O)cc1)NC(=O)OC(C)(C)C)C(C(=O)NC(Cc1ccccc1)C(=O)OC(C)(C)C)c1ccc(C)c(C)c1. The van der Waals surface area contributed by atoms with Crippen molar-refractivity contribution >= 4 is 23.9 Å². The second-order valence-electron chi connectivity index (χ2n) is 15.1. The van der Waals surface area contributed by atoms with Gasteiger partial charge < -0.3 is 30.1 Å². The molecule has 51 heavy (non-hydrogen) atoms. The van der Waals surface area contributed by atoms with Crippen molar-refractivity contribution in [3.05, 3.63) is 101 Å². The number of amides is 3. The number of aryl methyl sites for hydroxylation is 2. The third-order valence-electron chi connectivity index (χ3n) is 8.35. The predicted molar refractivity (Wildman–Crippen MR) is 198 cm³/mol. The van der Waals surface area contributed by atoms with E-state index >= 15 is 0 Å². The molecule has 4 atom stereocenters. The maximum absolute atomic E-state index is 14.9. The van der Waals surface area contributed by atoms with Crippen molar-refractivity contribution in [3.63, 3.8) is 0 Å². The zero-order valence-electron chi connectivity index (χ0n) is 31.7. The topological polar surface area (TPSA) is 134 Å². The van der Waals surface area contributed by atoms with Gasteiger partial charge in [0.2, 0.25) is 11.8 Å². The molecule has 0 spiro atoms. The molecule has 0 heterocycles. The number of rotatable bonds is 13. The number of carbonyl (C=O) groups excluding carboxylic acids is 4. The summed E-state index contributed by atoms with van der Waals surface area (Å²) in [6, 6.07) is 17.4. The highest BCUT2D eigenvalue weighted by Crippen LogP contribution is 2.29. The van der Waals surface area contributed by atoms with Gasteiger partial charge in [0.05, 0.1) is 0 Å². The van der Waals surface area contributed by atoms with Crippen LogP contribution in [0.1, 0.15) is 95.7 Å². The van der Waals surface area contributed by atoms with Crippen molar-refractivity contribution in [1.82, 2.24) is 15.5 Å².